The van der Waals surface area contributed by atoms with Gasteiger partial charge in [-0.05, 0) is 13.3 Å². The Morgan fingerprint density at radius 3 is 3.17 bits per heavy atom. The molecular formula is C7H9FN4. The fourth-order valence-electron chi connectivity index (χ4n) is 0.810. The van der Waals surface area contributed by atoms with Crippen LogP contribution in [0.2, 0.25) is 0 Å². The topological polar surface area (TPSA) is 54.5 Å². The van der Waals surface area contributed by atoms with Crippen LogP contribution in [0.4, 0.5) is 4.39 Å². The van der Waals surface area contributed by atoms with Crippen molar-refractivity contribution in [1.29, 1.82) is 5.26 Å². The number of hydrogen-bond acceptors (Lipinski definition) is 3. The molecular weight excluding hydrogens is 159 g/mol. The average molecular weight is 168 g/mol. The van der Waals surface area contributed by atoms with Gasteiger partial charge in [0.15, 0.2) is 5.69 Å². The molecule has 0 aliphatic heterocycles. The van der Waals surface area contributed by atoms with Crippen LogP contribution in [0.1, 0.15) is 19.0 Å². The fraction of sp³-hybridized carbons (Fsp3) is 0.571. The van der Waals surface area contributed by atoms with Crippen molar-refractivity contribution in [2.45, 2.75) is 26.1 Å². The van der Waals surface area contributed by atoms with E-state index in [1.54, 1.807) is 0 Å². The Hall–Kier alpha value is -1.44. The summed E-state index contributed by atoms with van der Waals surface area (Å²) >= 11 is 0. The summed E-state index contributed by atoms with van der Waals surface area (Å²) in [5.41, 5.74) is 0.371. The Kier molecular flexibility index (Phi) is 2.75. The number of nitriles is 1. The van der Waals surface area contributed by atoms with E-state index in [0.29, 0.717) is 18.7 Å². The number of aromatic nitrogens is 3. The van der Waals surface area contributed by atoms with Gasteiger partial charge in [0.25, 0.3) is 0 Å². The molecule has 0 saturated heterocycles. The monoisotopic (exact) mass is 168 g/mol. The van der Waals surface area contributed by atoms with Crippen LogP contribution in [0.15, 0.2) is 6.20 Å². The van der Waals surface area contributed by atoms with Gasteiger partial charge in [-0.25, -0.2) is 9.07 Å². The van der Waals surface area contributed by atoms with Crippen LogP contribution < -0.4 is 0 Å². The van der Waals surface area contributed by atoms with Crippen LogP contribution in [0, 0.1) is 11.3 Å². The van der Waals surface area contributed by atoms with Gasteiger partial charge in [0, 0.05) is 6.54 Å². The van der Waals surface area contributed by atoms with Crippen LogP contribution >= 0.6 is 0 Å². The smallest absolute Gasteiger partial charge is 0.158 e. The highest BCUT2D eigenvalue weighted by Crippen LogP contribution is 2.00. The summed E-state index contributed by atoms with van der Waals surface area (Å²) in [6, 6.07) is 1.91. The molecule has 64 valence electrons. The molecule has 1 rings (SSSR count). The molecule has 1 aromatic heterocycles. The van der Waals surface area contributed by atoms with Gasteiger partial charge in [-0.3, -0.25) is 0 Å². The van der Waals surface area contributed by atoms with Gasteiger partial charge in [0.05, 0.1) is 12.4 Å². The maximum absolute atomic E-state index is 12.4. The summed E-state index contributed by atoms with van der Waals surface area (Å²) in [4.78, 5) is 0. The van der Waals surface area contributed by atoms with E-state index in [1.165, 1.54) is 17.8 Å². The van der Waals surface area contributed by atoms with Crippen molar-refractivity contribution < 1.29 is 4.39 Å². The molecule has 5 heteroatoms. The first-order chi connectivity index (χ1) is 5.74. The molecule has 0 spiro atoms. The van der Waals surface area contributed by atoms with Gasteiger partial charge in [-0.1, -0.05) is 5.21 Å². The molecule has 0 radical (unpaired) electrons. The van der Waals surface area contributed by atoms with E-state index in [1.807, 2.05) is 6.07 Å². The van der Waals surface area contributed by atoms with Crippen LogP contribution in [0.5, 0.6) is 0 Å². The van der Waals surface area contributed by atoms with Gasteiger partial charge in [0.2, 0.25) is 0 Å². The standard InChI is InChI=1S/C7H9FN4/c1-6(8)2-3-12-7(4-9)5-10-11-12/h5-6H,2-3H2,1H3. The maximum atomic E-state index is 12.4. The van der Waals surface area contributed by atoms with E-state index in [-0.39, 0.29) is 0 Å². The number of nitrogens with zero attached hydrogens (tertiary/aromatic N) is 4. The van der Waals surface area contributed by atoms with Crippen LogP contribution in [0.3, 0.4) is 0 Å². The Labute approximate surface area is 69.6 Å². The minimum Gasteiger partial charge on any atom is -0.248 e. The molecule has 0 aliphatic rings. The third kappa shape index (κ3) is 2.02. The van der Waals surface area contributed by atoms with Gasteiger partial charge >= 0.3 is 0 Å². The van der Waals surface area contributed by atoms with Crippen LogP contribution in [-0.4, -0.2) is 21.2 Å². The van der Waals surface area contributed by atoms with E-state index in [0.717, 1.165) is 0 Å². The second-order valence-electron chi connectivity index (χ2n) is 2.52. The van der Waals surface area contributed by atoms with Crippen LogP contribution in [-0.2, 0) is 6.54 Å². The molecule has 4 nitrogen and oxygen atoms in total. The average Bonchev–Trinajstić information content (AvgIpc) is 2.47. The van der Waals surface area contributed by atoms with Gasteiger partial charge in [-0.15, -0.1) is 5.10 Å². The first-order valence-electron chi connectivity index (χ1n) is 3.66. The summed E-state index contributed by atoms with van der Waals surface area (Å²) in [6.07, 6.45) is 0.849. The lowest BCUT2D eigenvalue weighted by atomic mass is 10.3. The molecule has 0 amide bonds. The fourth-order valence-corrected chi connectivity index (χ4v) is 0.810. The molecule has 0 aliphatic carbocycles. The second kappa shape index (κ2) is 3.81. The highest BCUT2D eigenvalue weighted by molar-refractivity contribution is 5.14. The maximum Gasteiger partial charge on any atom is 0.158 e. The summed E-state index contributed by atoms with van der Waals surface area (Å²) in [5, 5.41) is 15.7. The first kappa shape index (κ1) is 8.65. The predicted octanol–water partition coefficient (Wildman–Crippen LogP) is 0.898. The van der Waals surface area contributed by atoms with Crippen LogP contribution in [0.25, 0.3) is 0 Å². The molecule has 0 fully saturated rings. The molecule has 12 heavy (non-hydrogen) atoms. The number of alkyl halides is 1. The number of halogens is 1. The largest absolute Gasteiger partial charge is 0.248 e. The molecule has 0 N–H and O–H groups in total. The van der Waals surface area contributed by atoms with E-state index >= 15 is 0 Å². The molecule has 1 atom stereocenters. The third-order valence-corrected chi connectivity index (χ3v) is 1.47. The molecule has 1 unspecified atom stereocenters. The quantitative estimate of drug-likeness (QED) is 0.673. The van der Waals surface area contributed by atoms with Crippen molar-refractivity contribution in [3.63, 3.8) is 0 Å². The molecule has 0 bridgehead atoms. The lowest BCUT2D eigenvalue weighted by Gasteiger charge is -2.01. The number of aryl methyl sites for hydroxylation is 1. The minimum atomic E-state index is -0.874. The minimum absolute atomic E-state index is 0.359. The molecule has 1 aromatic rings. The van der Waals surface area contributed by atoms with Crippen molar-refractivity contribution in [3.05, 3.63) is 11.9 Å². The van der Waals surface area contributed by atoms with E-state index < -0.39 is 6.17 Å². The van der Waals surface area contributed by atoms with E-state index in [2.05, 4.69) is 10.3 Å². The van der Waals surface area contributed by atoms with Crippen molar-refractivity contribution in [2.24, 2.45) is 0 Å². The first-order valence-corrected chi connectivity index (χ1v) is 3.66. The van der Waals surface area contributed by atoms with Crippen molar-refractivity contribution >= 4 is 0 Å². The number of rotatable bonds is 3. The SMILES string of the molecule is CC(F)CCn1nncc1C#N. The highest BCUT2D eigenvalue weighted by Gasteiger charge is 2.04. The Balaban J connectivity index is 2.58. The van der Waals surface area contributed by atoms with E-state index in [9.17, 15) is 4.39 Å². The third-order valence-electron chi connectivity index (χ3n) is 1.47. The Morgan fingerprint density at radius 2 is 2.58 bits per heavy atom. The summed E-state index contributed by atoms with van der Waals surface area (Å²) < 4.78 is 13.8. The summed E-state index contributed by atoms with van der Waals surface area (Å²) in [7, 11) is 0. The summed E-state index contributed by atoms with van der Waals surface area (Å²) in [6.45, 7) is 1.88. The van der Waals surface area contributed by atoms with Gasteiger partial charge in [0.1, 0.15) is 6.07 Å². The van der Waals surface area contributed by atoms with Gasteiger partial charge < -0.3 is 0 Å². The zero-order valence-electron chi connectivity index (χ0n) is 6.74. The molecule has 0 saturated carbocycles. The van der Waals surface area contributed by atoms with Crippen molar-refractivity contribution in [2.75, 3.05) is 0 Å². The predicted molar refractivity (Wildman–Crippen MR) is 39.9 cm³/mol. The Morgan fingerprint density at radius 1 is 1.83 bits per heavy atom. The second-order valence-corrected chi connectivity index (χ2v) is 2.52. The summed E-state index contributed by atoms with van der Waals surface area (Å²) in [5.74, 6) is 0. The Bertz CT molecular complexity index is 286. The molecule has 1 heterocycles. The van der Waals surface area contributed by atoms with Crippen molar-refractivity contribution in [3.8, 4) is 6.07 Å². The normalized spacial score (nSPS) is 12.4. The number of hydrogen-bond donors (Lipinski definition) is 0. The lowest BCUT2D eigenvalue weighted by Crippen LogP contribution is -2.07. The van der Waals surface area contributed by atoms with Gasteiger partial charge in [-0.2, -0.15) is 5.26 Å². The van der Waals surface area contributed by atoms with Crippen molar-refractivity contribution in [1.82, 2.24) is 15.0 Å². The highest BCUT2D eigenvalue weighted by atomic mass is 19.1. The molecule has 0 aromatic carbocycles. The zero-order chi connectivity index (χ0) is 8.97. The lowest BCUT2D eigenvalue weighted by molar-refractivity contribution is 0.318. The van der Waals surface area contributed by atoms with E-state index in [4.69, 9.17) is 5.26 Å². The zero-order valence-corrected chi connectivity index (χ0v) is 6.74.